The second kappa shape index (κ2) is 6.01. The Bertz CT molecular complexity index is 596. The molecule has 0 aliphatic rings. The van der Waals surface area contributed by atoms with Crippen LogP contribution in [0.5, 0.6) is 5.75 Å². The Balaban J connectivity index is 2.19. The SMILES string of the molecule is COc1ccc(CC(N)c2ccc(C)c(F)c2F)cc1. The number of halogens is 2. The molecule has 2 aromatic carbocycles. The second-order valence-electron chi connectivity index (χ2n) is 4.76. The van der Waals surface area contributed by atoms with E-state index in [0.29, 0.717) is 6.42 Å². The lowest BCUT2D eigenvalue weighted by Gasteiger charge is -2.14. The van der Waals surface area contributed by atoms with Crippen molar-refractivity contribution >= 4 is 0 Å². The first kappa shape index (κ1) is 14.5. The summed E-state index contributed by atoms with van der Waals surface area (Å²) < 4.78 is 32.5. The molecule has 1 atom stereocenters. The summed E-state index contributed by atoms with van der Waals surface area (Å²) in [7, 11) is 1.59. The van der Waals surface area contributed by atoms with E-state index >= 15 is 0 Å². The minimum Gasteiger partial charge on any atom is -0.497 e. The molecule has 0 amide bonds. The summed E-state index contributed by atoms with van der Waals surface area (Å²) in [6.07, 6.45) is 0.434. The molecule has 20 heavy (non-hydrogen) atoms. The number of rotatable bonds is 4. The van der Waals surface area contributed by atoms with Crippen LogP contribution in [0.15, 0.2) is 36.4 Å². The molecule has 106 valence electrons. The standard InChI is InChI=1S/C16H17F2NO/c1-10-3-8-13(16(18)15(10)17)14(19)9-11-4-6-12(20-2)7-5-11/h3-8,14H,9,19H2,1-2H3. The van der Waals surface area contributed by atoms with E-state index < -0.39 is 17.7 Å². The van der Waals surface area contributed by atoms with Gasteiger partial charge in [0.25, 0.3) is 0 Å². The van der Waals surface area contributed by atoms with Crippen molar-refractivity contribution in [2.45, 2.75) is 19.4 Å². The maximum Gasteiger partial charge on any atom is 0.163 e. The summed E-state index contributed by atoms with van der Waals surface area (Å²) in [5.74, 6) is -0.937. The molecule has 4 heteroatoms. The molecule has 1 unspecified atom stereocenters. The molecule has 0 radical (unpaired) electrons. The Kier molecular flexibility index (Phi) is 4.35. The Morgan fingerprint density at radius 3 is 2.30 bits per heavy atom. The van der Waals surface area contributed by atoms with Crippen molar-refractivity contribution < 1.29 is 13.5 Å². The van der Waals surface area contributed by atoms with E-state index in [9.17, 15) is 8.78 Å². The van der Waals surface area contributed by atoms with Crippen molar-refractivity contribution in [3.63, 3.8) is 0 Å². The Morgan fingerprint density at radius 1 is 1.05 bits per heavy atom. The highest BCUT2D eigenvalue weighted by Gasteiger charge is 2.16. The molecule has 2 N–H and O–H groups in total. The van der Waals surface area contributed by atoms with Crippen LogP contribution in [0.2, 0.25) is 0 Å². The van der Waals surface area contributed by atoms with Crippen LogP contribution in [0.3, 0.4) is 0 Å². The van der Waals surface area contributed by atoms with Crippen molar-refractivity contribution in [1.82, 2.24) is 0 Å². The van der Waals surface area contributed by atoms with Crippen molar-refractivity contribution in [2.24, 2.45) is 5.73 Å². The van der Waals surface area contributed by atoms with Gasteiger partial charge < -0.3 is 10.5 Å². The van der Waals surface area contributed by atoms with Crippen molar-refractivity contribution in [3.05, 3.63) is 64.7 Å². The summed E-state index contributed by atoms with van der Waals surface area (Å²) in [6.45, 7) is 1.52. The molecular weight excluding hydrogens is 260 g/mol. The fourth-order valence-corrected chi connectivity index (χ4v) is 2.07. The fraction of sp³-hybridized carbons (Fsp3) is 0.250. The molecule has 0 aliphatic carbocycles. The van der Waals surface area contributed by atoms with Crippen molar-refractivity contribution in [1.29, 1.82) is 0 Å². The third kappa shape index (κ3) is 2.96. The smallest absolute Gasteiger partial charge is 0.163 e. The van der Waals surface area contributed by atoms with E-state index in [-0.39, 0.29) is 11.1 Å². The van der Waals surface area contributed by atoms with E-state index in [2.05, 4.69) is 0 Å². The van der Waals surface area contributed by atoms with Crippen LogP contribution in [0, 0.1) is 18.6 Å². The number of aryl methyl sites for hydroxylation is 1. The first-order valence-corrected chi connectivity index (χ1v) is 6.36. The van der Waals surface area contributed by atoms with Gasteiger partial charge in [0, 0.05) is 11.6 Å². The molecule has 2 nitrogen and oxygen atoms in total. The van der Waals surface area contributed by atoms with Gasteiger partial charge in [0.2, 0.25) is 0 Å². The van der Waals surface area contributed by atoms with Crippen LogP contribution in [0.25, 0.3) is 0 Å². The zero-order chi connectivity index (χ0) is 14.7. The first-order chi connectivity index (χ1) is 9.52. The van der Waals surface area contributed by atoms with Crippen LogP contribution in [-0.4, -0.2) is 7.11 Å². The van der Waals surface area contributed by atoms with Crippen LogP contribution < -0.4 is 10.5 Å². The van der Waals surface area contributed by atoms with Gasteiger partial charge in [0.05, 0.1) is 7.11 Å². The third-order valence-corrected chi connectivity index (χ3v) is 3.32. The van der Waals surface area contributed by atoms with Gasteiger partial charge in [-0.1, -0.05) is 24.3 Å². The van der Waals surface area contributed by atoms with Gasteiger partial charge in [-0.15, -0.1) is 0 Å². The number of benzene rings is 2. The molecule has 0 fully saturated rings. The minimum absolute atomic E-state index is 0.198. The van der Waals surface area contributed by atoms with Crippen molar-refractivity contribution in [3.8, 4) is 5.75 Å². The molecule has 0 saturated heterocycles. The van der Waals surface area contributed by atoms with Gasteiger partial charge in [-0.25, -0.2) is 8.78 Å². The second-order valence-corrected chi connectivity index (χ2v) is 4.76. The molecule has 2 rings (SSSR count). The van der Waals surface area contributed by atoms with E-state index in [1.807, 2.05) is 24.3 Å². The van der Waals surface area contributed by atoms with Gasteiger partial charge in [-0.2, -0.15) is 0 Å². The highest BCUT2D eigenvalue weighted by Crippen LogP contribution is 2.23. The van der Waals surface area contributed by atoms with Gasteiger partial charge in [0.15, 0.2) is 11.6 Å². The molecule has 0 spiro atoms. The van der Waals surface area contributed by atoms with Gasteiger partial charge >= 0.3 is 0 Å². The topological polar surface area (TPSA) is 35.2 Å². The molecule has 0 bridgehead atoms. The predicted molar refractivity (Wildman–Crippen MR) is 74.7 cm³/mol. The zero-order valence-corrected chi connectivity index (χ0v) is 11.5. The maximum absolute atomic E-state index is 13.9. The van der Waals surface area contributed by atoms with E-state index in [1.165, 1.54) is 6.92 Å². The summed E-state index contributed by atoms with van der Waals surface area (Å²) in [5, 5.41) is 0. The summed E-state index contributed by atoms with van der Waals surface area (Å²) >= 11 is 0. The van der Waals surface area contributed by atoms with Crippen LogP contribution in [0.1, 0.15) is 22.7 Å². The number of ether oxygens (including phenoxy) is 1. The van der Waals surface area contributed by atoms with Crippen LogP contribution >= 0.6 is 0 Å². The Morgan fingerprint density at radius 2 is 1.70 bits per heavy atom. The molecule has 0 saturated carbocycles. The predicted octanol–water partition coefficient (Wildman–Crippen LogP) is 3.52. The monoisotopic (exact) mass is 277 g/mol. The molecule has 0 aromatic heterocycles. The average Bonchev–Trinajstić information content (AvgIpc) is 2.45. The zero-order valence-electron chi connectivity index (χ0n) is 11.5. The first-order valence-electron chi connectivity index (χ1n) is 6.36. The summed E-state index contributed by atoms with van der Waals surface area (Å²) in [6, 6.07) is 9.85. The Hall–Kier alpha value is -1.94. The van der Waals surface area contributed by atoms with Gasteiger partial charge in [-0.05, 0) is 36.6 Å². The maximum atomic E-state index is 13.9. The van der Waals surface area contributed by atoms with E-state index in [1.54, 1.807) is 19.2 Å². The number of nitrogens with two attached hydrogens (primary N) is 1. The lowest BCUT2D eigenvalue weighted by molar-refractivity contribution is 0.414. The lowest BCUT2D eigenvalue weighted by atomic mass is 9.98. The third-order valence-electron chi connectivity index (χ3n) is 3.32. The normalized spacial score (nSPS) is 12.2. The number of methoxy groups -OCH3 is 1. The lowest BCUT2D eigenvalue weighted by Crippen LogP contribution is -2.16. The van der Waals surface area contributed by atoms with Crippen molar-refractivity contribution in [2.75, 3.05) is 7.11 Å². The minimum atomic E-state index is -0.856. The highest BCUT2D eigenvalue weighted by atomic mass is 19.2. The quantitative estimate of drug-likeness (QED) is 0.928. The summed E-state index contributed by atoms with van der Waals surface area (Å²) in [4.78, 5) is 0. The number of hydrogen-bond acceptors (Lipinski definition) is 2. The van der Waals surface area contributed by atoms with Gasteiger partial charge in [0.1, 0.15) is 5.75 Å². The van der Waals surface area contributed by atoms with E-state index in [0.717, 1.165) is 11.3 Å². The van der Waals surface area contributed by atoms with Crippen LogP contribution in [-0.2, 0) is 6.42 Å². The highest BCUT2D eigenvalue weighted by molar-refractivity contribution is 5.31. The largest absolute Gasteiger partial charge is 0.497 e. The average molecular weight is 277 g/mol. The van der Waals surface area contributed by atoms with Gasteiger partial charge in [-0.3, -0.25) is 0 Å². The molecular formula is C16H17F2NO. The fourth-order valence-electron chi connectivity index (χ4n) is 2.07. The summed E-state index contributed by atoms with van der Waals surface area (Å²) in [5.41, 5.74) is 7.40. The van der Waals surface area contributed by atoms with Crippen LogP contribution in [0.4, 0.5) is 8.78 Å². The number of hydrogen-bond donors (Lipinski definition) is 1. The van der Waals surface area contributed by atoms with E-state index in [4.69, 9.17) is 10.5 Å². The molecule has 0 heterocycles. The molecule has 0 aliphatic heterocycles. The molecule has 2 aromatic rings. The Labute approximate surface area is 117 Å².